The number of nitrogens with zero attached hydrogens (tertiary/aromatic N) is 3. The Morgan fingerprint density at radius 3 is 2.39 bits per heavy atom. The Hall–Kier alpha value is -3.06. The van der Waals surface area contributed by atoms with Crippen molar-refractivity contribution in [2.75, 3.05) is 33.0 Å². The summed E-state index contributed by atoms with van der Waals surface area (Å²) in [5, 5.41) is 0. The highest BCUT2D eigenvalue weighted by atomic mass is 16.7. The van der Waals surface area contributed by atoms with Crippen molar-refractivity contribution in [2.24, 2.45) is 5.92 Å². The normalized spacial score (nSPS) is 22.1. The van der Waals surface area contributed by atoms with E-state index in [9.17, 15) is 9.59 Å². The Bertz CT molecular complexity index is 1150. The molecule has 6 rings (SSSR count). The molecule has 3 amide bonds. The van der Waals surface area contributed by atoms with Gasteiger partial charge in [0.2, 0.25) is 6.79 Å². The van der Waals surface area contributed by atoms with E-state index < -0.39 is 5.54 Å². The van der Waals surface area contributed by atoms with Gasteiger partial charge in [-0.3, -0.25) is 9.69 Å². The van der Waals surface area contributed by atoms with Gasteiger partial charge in [-0.1, -0.05) is 37.3 Å². The smallest absolute Gasteiger partial charge is 0.327 e. The number of amides is 3. The molecule has 2 aromatic rings. The zero-order valence-corrected chi connectivity index (χ0v) is 21.2. The summed E-state index contributed by atoms with van der Waals surface area (Å²) < 4.78 is 11.0. The fourth-order valence-electron chi connectivity index (χ4n) is 6.78. The van der Waals surface area contributed by atoms with Crippen LogP contribution in [0.5, 0.6) is 11.5 Å². The maximum Gasteiger partial charge on any atom is 0.327 e. The van der Waals surface area contributed by atoms with E-state index in [1.807, 2.05) is 30.0 Å². The highest BCUT2D eigenvalue weighted by Crippen LogP contribution is 2.40. The van der Waals surface area contributed by atoms with Gasteiger partial charge in [-0.05, 0) is 73.8 Å². The minimum Gasteiger partial charge on any atom is -0.454 e. The highest BCUT2D eigenvalue weighted by molar-refractivity contribution is 6.07. The van der Waals surface area contributed by atoms with Gasteiger partial charge in [0.05, 0.1) is 0 Å². The number of hydrogen-bond donors (Lipinski definition) is 0. The number of fused-ring (bicyclic) bond motifs is 2. The molecule has 2 saturated heterocycles. The number of benzene rings is 2. The molecular formula is C29H35N3O4. The van der Waals surface area contributed by atoms with Crippen LogP contribution in [0.4, 0.5) is 4.79 Å². The number of likely N-dealkylation sites (tertiary alicyclic amines) is 1. The fraction of sp³-hybridized carbons (Fsp3) is 0.517. The highest BCUT2D eigenvalue weighted by Gasteiger charge is 2.59. The van der Waals surface area contributed by atoms with Crippen LogP contribution in [0, 0.1) is 5.92 Å². The number of imide groups is 1. The zero-order valence-electron chi connectivity index (χ0n) is 21.2. The second-order valence-electron chi connectivity index (χ2n) is 10.9. The number of urea groups is 1. The molecule has 3 heterocycles. The predicted molar refractivity (Wildman–Crippen MR) is 136 cm³/mol. The Morgan fingerprint density at radius 2 is 1.69 bits per heavy atom. The molecule has 0 aromatic heterocycles. The lowest BCUT2D eigenvalue weighted by Gasteiger charge is -2.42. The van der Waals surface area contributed by atoms with Gasteiger partial charge in [-0.15, -0.1) is 0 Å². The van der Waals surface area contributed by atoms with Crippen molar-refractivity contribution in [3.63, 3.8) is 0 Å². The molecule has 36 heavy (non-hydrogen) atoms. The molecule has 2 fully saturated rings. The summed E-state index contributed by atoms with van der Waals surface area (Å²) in [6, 6.07) is 14.4. The summed E-state index contributed by atoms with van der Waals surface area (Å²) in [6.45, 7) is 7.78. The topological polar surface area (TPSA) is 62.3 Å². The average Bonchev–Trinajstić information content (AvgIpc) is 3.56. The largest absolute Gasteiger partial charge is 0.454 e. The van der Waals surface area contributed by atoms with Crippen molar-refractivity contribution in [3.8, 4) is 11.5 Å². The van der Waals surface area contributed by atoms with Gasteiger partial charge < -0.3 is 19.3 Å². The van der Waals surface area contributed by atoms with Gasteiger partial charge in [0, 0.05) is 32.2 Å². The van der Waals surface area contributed by atoms with Crippen LogP contribution in [0.3, 0.4) is 0 Å². The standard InChI is InChI=1S/C29H35N3O4/c1-3-31-28(34)32(24-16-22-6-4-5-7-23(22)17-24)27(33)29(31)10-12-30(13-11-29)18-20(2)14-21-8-9-25-26(15-21)36-19-35-25/h4-9,15,20,24H,3,10-14,16-19H2,1-2H3. The predicted octanol–water partition coefficient (Wildman–Crippen LogP) is 3.88. The molecule has 1 atom stereocenters. The van der Waals surface area contributed by atoms with Crippen LogP contribution in [-0.2, 0) is 24.1 Å². The molecule has 0 radical (unpaired) electrons. The summed E-state index contributed by atoms with van der Waals surface area (Å²) in [7, 11) is 0. The molecule has 1 aliphatic carbocycles. The summed E-state index contributed by atoms with van der Waals surface area (Å²) in [6.07, 6.45) is 3.92. The lowest BCUT2D eigenvalue weighted by Crippen LogP contribution is -2.57. The third kappa shape index (κ3) is 3.84. The molecule has 7 heteroatoms. The molecule has 1 spiro atoms. The summed E-state index contributed by atoms with van der Waals surface area (Å²) in [5.74, 6) is 2.15. The number of piperidine rings is 1. The third-order valence-electron chi connectivity index (χ3n) is 8.56. The van der Waals surface area contributed by atoms with Crippen molar-refractivity contribution >= 4 is 11.9 Å². The molecule has 0 saturated carbocycles. The molecular weight excluding hydrogens is 454 g/mol. The van der Waals surface area contributed by atoms with E-state index in [4.69, 9.17) is 9.47 Å². The first kappa shape index (κ1) is 23.3. The van der Waals surface area contributed by atoms with Crippen molar-refractivity contribution in [3.05, 3.63) is 59.2 Å². The van der Waals surface area contributed by atoms with Crippen LogP contribution in [-0.4, -0.2) is 71.2 Å². The van der Waals surface area contributed by atoms with Gasteiger partial charge in [0.1, 0.15) is 5.54 Å². The molecule has 190 valence electrons. The molecule has 2 aromatic carbocycles. The van der Waals surface area contributed by atoms with Crippen molar-refractivity contribution in [1.82, 2.24) is 14.7 Å². The minimum atomic E-state index is -0.683. The first-order valence-corrected chi connectivity index (χ1v) is 13.3. The summed E-state index contributed by atoms with van der Waals surface area (Å²) in [5.41, 5.74) is 3.09. The van der Waals surface area contributed by atoms with Crippen molar-refractivity contribution in [1.29, 1.82) is 0 Å². The summed E-state index contributed by atoms with van der Waals surface area (Å²) in [4.78, 5) is 33.3. The molecule has 0 N–H and O–H groups in total. The van der Waals surface area contributed by atoms with Crippen molar-refractivity contribution < 1.29 is 19.1 Å². The number of likely N-dealkylation sites (N-methyl/N-ethyl adjacent to an activating group) is 1. The maximum atomic E-state index is 13.9. The Balaban J connectivity index is 1.10. The molecule has 4 aliphatic rings. The minimum absolute atomic E-state index is 0.0280. The Morgan fingerprint density at radius 1 is 1.00 bits per heavy atom. The molecule has 1 unspecified atom stereocenters. The fourth-order valence-corrected chi connectivity index (χ4v) is 6.78. The van der Waals surface area contributed by atoms with Crippen LogP contribution in [0.1, 0.15) is 43.4 Å². The number of ether oxygens (including phenoxy) is 2. The van der Waals surface area contributed by atoms with E-state index in [-0.39, 0.29) is 18.0 Å². The van der Waals surface area contributed by atoms with Gasteiger partial charge in [-0.25, -0.2) is 4.79 Å². The lowest BCUT2D eigenvalue weighted by atomic mass is 9.85. The lowest BCUT2D eigenvalue weighted by molar-refractivity contribution is -0.137. The van der Waals surface area contributed by atoms with E-state index in [1.54, 1.807) is 4.90 Å². The van der Waals surface area contributed by atoms with E-state index in [0.717, 1.165) is 50.4 Å². The first-order chi connectivity index (χ1) is 17.5. The monoisotopic (exact) mass is 489 g/mol. The SMILES string of the molecule is CCN1C(=O)N(C2Cc3ccccc3C2)C(=O)C12CCN(CC(C)Cc1ccc3c(c1)OCO3)CC2. The van der Waals surface area contributed by atoms with Crippen LogP contribution < -0.4 is 9.47 Å². The third-order valence-corrected chi connectivity index (χ3v) is 8.56. The number of carbonyl (C=O) groups excluding carboxylic acids is 2. The zero-order chi connectivity index (χ0) is 24.9. The quantitative estimate of drug-likeness (QED) is 0.577. The number of hydrogen-bond acceptors (Lipinski definition) is 5. The number of carbonyl (C=O) groups is 2. The molecule has 7 nitrogen and oxygen atoms in total. The summed E-state index contributed by atoms with van der Waals surface area (Å²) >= 11 is 0. The maximum absolute atomic E-state index is 13.9. The molecule has 3 aliphatic heterocycles. The van der Waals surface area contributed by atoms with E-state index in [2.05, 4.69) is 36.1 Å². The number of rotatable bonds is 6. The van der Waals surface area contributed by atoms with Crippen LogP contribution >= 0.6 is 0 Å². The van der Waals surface area contributed by atoms with Gasteiger partial charge in [0.15, 0.2) is 11.5 Å². The van der Waals surface area contributed by atoms with Gasteiger partial charge >= 0.3 is 6.03 Å². The average molecular weight is 490 g/mol. The Kier molecular flexibility index (Phi) is 5.91. The van der Waals surface area contributed by atoms with E-state index in [1.165, 1.54) is 16.7 Å². The molecule has 0 bridgehead atoms. The van der Waals surface area contributed by atoms with Crippen LogP contribution in [0.2, 0.25) is 0 Å². The first-order valence-electron chi connectivity index (χ1n) is 13.3. The van der Waals surface area contributed by atoms with Gasteiger partial charge in [-0.2, -0.15) is 0 Å². The van der Waals surface area contributed by atoms with Crippen molar-refractivity contribution in [2.45, 2.75) is 57.5 Å². The van der Waals surface area contributed by atoms with Crippen LogP contribution in [0.15, 0.2) is 42.5 Å². The van der Waals surface area contributed by atoms with Crippen LogP contribution in [0.25, 0.3) is 0 Å². The second-order valence-corrected chi connectivity index (χ2v) is 10.9. The van der Waals surface area contributed by atoms with E-state index >= 15 is 0 Å². The Labute approximate surface area is 212 Å². The van der Waals surface area contributed by atoms with E-state index in [0.29, 0.717) is 32.1 Å². The van der Waals surface area contributed by atoms with Gasteiger partial charge in [0.25, 0.3) is 5.91 Å². The second kappa shape index (κ2) is 9.11.